The van der Waals surface area contributed by atoms with E-state index < -0.39 is 0 Å². The number of benzene rings is 1. The maximum absolute atomic E-state index is 6.07. The Kier molecular flexibility index (Phi) is 4.10. The normalized spacial score (nSPS) is 12.6. The van der Waals surface area contributed by atoms with Crippen molar-refractivity contribution in [2.45, 2.75) is 12.6 Å². The van der Waals surface area contributed by atoms with E-state index in [0.717, 1.165) is 13.1 Å². The second-order valence-electron chi connectivity index (χ2n) is 3.78. The predicted octanol–water partition coefficient (Wildman–Crippen LogP) is 2.54. The SMILES string of the molecule is N[C@H](CNCc1ccsc1)c1ccccc1. The number of thiophene rings is 1. The van der Waals surface area contributed by atoms with E-state index in [0.29, 0.717) is 0 Å². The maximum Gasteiger partial charge on any atom is 0.0421 e. The number of nitrogens with two attached hydrogens (primary N) is 1. The first kappa shape index (κ1) is 11.3. The third-order valence-electron chi connectivity index (χ3n) is 2.50. The molecule has 1 aromatic carbocycles. The third kappa shape index (κ3) is 3.17. The third-order valence-corrected chi connectivity index (χ3v) is 3.23. The van der Waals surface area contributed by atoms with Crippen molar-refractivity contribution in [1.29, 1.82) is 0 Å². The van der Waals surface area contributed by atoms with Crippen molar-refractivity contribution < 1.29 is 0 Å². The molecule has 0 saturated heterocycles. The average Bonchev–Trinajstić information content (AvgIpc) is 2.83. The summed E-state index contributed by atoms with van der Waals surface area (Å²) in [5, 5.41) is 7.61. The van der Waals surface area contributed by atoms with Gasteiger partial charge in [0.2, 0.25) is 0 Å². The highest BCUT2D eigenvalue weighted by Gasteiger charge is 2.04. The van der Waals surface area contributed by atoms with Crippen LogP contribution in [-0.4, -0.2) is 6.54 Å². The quantitative estimate of drug-likeness (QED) is 0.831. The summed E-state index contributed by atoms with van der Waals surface area (Å²) in [6.45, 7) is 1.70. The van der Waals surface area contributed by atoms with Crippen LogP contribution in [-0.2, 0) is 6.54 Å². The number of hydrogen-bond acceptors (Lipinski definition) is 3. The molecule has 2 nitrogen and oxygen atoms in total. The van der Waals surface area contributed by atoms with E-state index in [2.05, 4.69) is 34.3 Å². The zero-order chi connectivity index (χ0) is 11.2. The number of hydrogen-bond donors (Lipinski definition) is 2. The fourth-order valence-corrected chi connectivity index (χ4v) is 2.25. The molecular formula is C13H16N2S. The minimum absolute atomic E-state index is 0.0693. The second kappa shape index (κ2) is 5.80. The van der Waals surface area contributed by atoms with Crippen LogP contribution in [0.5, 0.6) is 0 Å². The van der Waals surface area contributed by atoms with Gasteiger partial charge in [-0.3, -0.25) is 0 Å². The van der Waals surface area contributed by atoms with E-state index in [1.54, 1.807) is 11.3 Å². The Balaban J connectivity index is 1.78. The van der Waals surface area contributed by atoms with Crippen molar-refractivity contribution >= 4 is 11.3 Å². The summed E-state index contributed by atoms with van der Waals surface area (Å²) in [4.78, 5) is 0. The van der Waals surface area contributed by atoms with E-state index in [9.17, 15) is 0 Å². The van der Waals surface area contributed by atoms with Crippen LogP contribution in [0.4, 0.5) is 0 Å². The molecule has 0 spiro atoms. The van der Waals surface area contributed by atoms with Gasteiger partial charge in [0.1, 0.15) is 0 Å². The van der Waals surface area contributed by atoms with Crippen LogP contribution < -0.4 is 11.1 Å². The summed E-state index contributed by atoms with van der Waals surface area (Å²) in [7, 11) is 0. The minimum Gasteiger partial charge on any atom is -0.323 e. The Hall–Kier alpha value is -1.16. The molecule has 0 unspecified atom stereocenters. The van der Waals surface area contributed by atoms with Gasteiger partial charge in [-0.2, -0.15) is 11.3 Å². The molecule has 0 fully saturated rings. The fraction of sp³-hybridized carbons (Fsp3) is 0.231. The van der Waals surface area contributed by atoms with E-state index in [-0.39, 0.29) is 6.04 Å². The highest BCUT2D eigenvalue weighted by atomic mass is 32.1. The number of nitrogens with one attached hydrogen (secondary N) is 1. The molecule has 0 bridgehead atoms. The van der Waals surface area contributed by atoms with Crippen LogP contribution in [0.3, 0.4) is 0 Å². The summed E-state index contributed by atoms with van der Waals surface area (Å²) in [6.07, 6.45) is 0. The van der Waals surface area contributed by atoms with Gasteiger partial charge in [-0.1, -0.05) is 30.3 Å². The largest absolute Gasteiger partial charge is 0.323 e. The van der Waals surface area contributed by atoms with E-state index >= 15 is 0 Å². The molecule has 0 aliphatic carbocycles. The van der Waals surface area contributed by atoms with Gasteiger partial charge in [-0.05, 0) is 28.0 Å². The Morgan fingerprint density at radius 2 is 2.00 bits per heavy atom. The molecule has 0 amide bonds. The summed E-state index contributed by atoms with van der Waals surface area (Å²) < 4.78 is 0. The van der Waals surface area contributed by atoms with Gasteiger partial charge < -0.3 is 11.1 Å². The molecule has 84 valence electrons. The minimum atomic E-state index is 0.0693. The Morgan fingerprint density at radius 1 is 1.19 bits per heavy atom. The first-order valence-electron chi connectivity index (χ1n) is 5.38. The van der Waals surface area contributed by atoms with Crippen LogP contribution in [0.2, 0.25) is 0 Å². The molecule has 2 rings (SSSR count). The summed E-state index contributed by atoms with van der Waals surface area (Å²) in [5.41, 5.74) is 8.58. The predicted molar refractivity (Wildman–Crippen MR) is 69.4 cm³/mol. The molecule has 1 atom stereocenters. The van der Waals surface area contributed by atoms with Gasteiger partial charge >= 0.3 is 0 Å². The van der Waals surface area contributed by atoms with Crippen molar-refractivity contribution in [1.82, 2.24) is 5.32 Å². The van der Waals surface area contributed by atoms with Crippen molar-refractivity contribution in [3.05, 3.63) is 58.3 Å². The molecule has 16 heavy (non-hydrogen) atoms. The first-order chi connectivity index (χ1) is 7.86. The lowest BCUT2D eigenvalue weighted by atomic mass is 10.1. The second-order valence-corrected chi connectivity index (χ2v) is 4.56. The summed E-state index contributed by atoms with van der Waals surface area (Å²) >= 11 is 1.72. The van der Waals surface area contributed by atoms with Crippen LogP contribution in [0.15, 0.2) is 47.2 Å². The van der Waals surface area contributed by atoms with Gasteiger partial charge in [-0.15, -0.1) is 0 Å². The van der Waals surface area contributed by atoms with Crippen LogP contribution >= 0.6 is 11.3 Å². The highest BCUT2D eigenvalue weighted by Crippen LogP contribution is 2.09. The fourth-order valence-electron chi connectivity index (χ4n) is 1.58. The molecular weight excluding hydrogens is 216 g/mol. The van der Waals surface area contributed by atoms with Gasteiger partial charge in [0.05, 0.1) is 0 Å². The molecule has 1 heterocycles. The molecule has 3 N–H and O–H groups in total. The van der Waals surface area contributed by atoms with E-state index in [1.165, 1.54) is 11.1 Å². The van der Waals surface area contributed by atoms with E-state index in [4.69, 9.17) is 5.73 Å². The lowest BCUT2D eigenvalue weighted by Gasteiger charge is -2.12. The summed E-state index contributed by atoms with van der Waals surface area (Å²) in [6, 6.07) is 12.4. The zero-order valence-corrected chi connectivity index (χ0v) is 9.91. The highest BCUT2D eigenvalue weighted by molar-refractivity contribution is 7.07. The topological polar surface area (TPSA) is 38.0 Å². The molecule has 0 radical (unpaired) electrons. The maximum atomic E-state index is 6.07. The average molecular weight is 232 g/mol. The smallest absolute Gasteiger partial charge is 0.0421 e. The standard InChI is InChI=1S/C13H16N2S/c14-13(12-4-2-1-3-5-12)9-15-8-11-6-7-16-10-11/h1-7,10,13,15H,8-9,14H2/t13-/m1/s1. The van der Waals surface area contributed by atoms with Crippen LogP contribution in [0, 0.1) is 0 Å². The van der Waals surface area contributed by atoms with Gasteiger partial charge in [0.25, 0.3) is 0 Å². The summed E-state index contributed by atoms with van der Waals surface area (Å²) in [5.74, 6) is 0. The molecule has 2 aromatic rings. The molecule has 3 heteroatoms. The van der Waals surface area contributed by atoms with Crippen molar-refractivity contribution in [2.24, 2.45) is 5.73 Å². The van der Waals surface area contributed by atoms with Crippen molar-refractivity contribution in [3.63, 3.8) is 0 Å². The van der Waals surface area contributed by atoms with Crippen LogP contribution in [0.1, 0.15) is 17.2 Å². The monoisotopic (exact) mass is 232 g/mol. The number of rotatable bonds is 5. The molecule has 0 aliphatic rings. The van der Waals surface area contributed by atoms with E-state index in [1.807, 2.05) is 18.2 Å². The van der Waals surface area contributed by atoms with Crippen molar-refractivity contribution in [3.8, 4) is 0 Å². The van der Waals surface area contributed by atoms with Gasteiger partial charge in [0.15, 0.2) is 0 Å². The first-order valence-corrected chi connectivity index (χ1v) is 6.33. The molecule has 0 aliphatic heterocycles. The molecule has 1 aromatic heterocycles. The van der Waals surface area contributed by atoms with Crippen LogP contribution in [0.25, 0.3) is 0 Å². The van der Waals surface area contributed by atoms with Crippen molar-refractivity contribution in [2.75, 3.05) is 6.54 Å². The Labute approximate surface area is 100 Å². The lowest BCUT2D eigenvalue weighted by molar-refractivity contribution is 0.599. The van der Waals surface area contributed by atoms with Gasteiger partial charge in [-0.25, -0.2) is 0 Å². The Bertz CT molecular complexity index is 397. The molecule has 0 saturated carbocycles. The Morgan fingerprint density at radius 3 is 2.69 bits per heavy atom. The lowest BCUT2D eigenvalue weighted by Crippen LogP contribution is -2.26. The zero-order valence-electron chi connectivity index (χ0n) is 9.10. The van der Waals surface area contributed by atoms with Gasteiger partial charge in [0, 0.05) is 19.1 Å².